The molecule has 1 saturated heterocycles. The minimum atomic E-state index is -0.000499. The van der Waals surface area contributed by atoms with Gasteiger partial charge in [0.1, 0.15) is 11.5 Å². The van der Waals surface area contributed by atoms with Crippen molar-refractivity contribution < 1.29 is 0 Å². The van der Waals surface area contributed by atoms with Gasteiger partial charge in [-0.1, -0.05) is 6.92 Å². The minimum absolute atomic E-state index is 0.000499. The Kier molecular flexibility index (Phi) is 3.50. The fraction of sp³-hybridized carbons (Fsp3) is 0.615. The van der Waals surface area contributed by atoms with E-state index in [0.717, 1.165) is 18.7 Å². The zero-order chi connectivity index (χ0) is 13.3. The van der Waals surface area contributed by atoms with Gasteiger partial charge in [-0.2, -0.15) is 0 Å². The third kappa shape index (κ3) is 2.60. The van der Waals surface area contributed by atoms with Gasteiger partial charge < -0.3 is 10.6 Å². The number of aryl methyl sites for hydroxylation is 1. The number of rotatable bonds is 2. The summed E-state index contributed by atoms with van der Waals surface area (Å²) in [5.41, 5.74) is 6.89. The Morgan fingerprint density at radius 2 is 2.11 bits per heavy atom. The third-order valence-electron chi connectivity index (χ3n) is 3.49. The van der Waals surface area contributed by atoms with Crippen LogP contribution in [0.5, 0.6) is 0 Å². The van der Waals surface area contributed by atoms with E-state index in [0.29, 0.717) is 23.6 Å². The first-order chi connectivity index (χ1) is 8.47. The Hall–Kier alpha value is -1.65. The molecule has 2 unspecified atom stereocenters. The second kappa shape index (κ2) is 4.92. The molecule has 3 N–H and O–H groups in total. The summed E-state index contributed by atoms with van der Waals surface area (Å²) in [4.78, 5) is 11.1. The lowest BCUT2D eigenvalue weighted by molar-refractivity contribution is 0.385. The molecule has 1 aliphatic heterocycles. The number of nitrogens with two attached hydrogens (primary N) is 1. The van der Waals surface area contributed by atoms with Crippen molar-refractivity contribution in [3.63, 3.8) is 0 Å². The highest BCUT2D eigenvalue weighted by atomic mass is 15.3. The molecule has 98 valence electrons. The van der Waals surface area contributed by atoms with E-state index in [-0.39, 0.29) is 5.84 Å². The number of amidine groups is 1. The Balaban J connectivity index is 2.34. The summed E-state index contributed by atoms with van der Waals surface area (Å²) in [6.07, 6.45) is 2.41. The van der Waals surface area contributed by atoms with Crippen LogP contribution >= 0.6 is 0 Å². The number of piperidine rings is 1. The number of nitrogen functional groups attached to an aromatic ring is 1. The molecule has 0 spiro atoms. The molecule has 18 heavy (non-hydrogen) atoms. The van der Waals surface area contributed by atoms with Crippen LogP contribution in [0.3, 0.4) is 0 Å². The van der Waals surface area contributed by atoms with Crippen LogP contribution in [0.25, 0.3) is 0 Å². The highest BCUT2D eigenvalue weighted by Crippen LogP contribution is 2.25. The molecule has 0 bridgehead atoms. The minimum Gasteiger partial charge on any atom is -0.382 e. The van der Waals surface area contributed by atoms with Crippen LogP contribution < -0.4 is 10.6 Å². The standard InChI is InChI=1S/C13H21N5/c1-8-4-5-10(3)18(7-8)13-16-9(2)6-11(17-13)12(14)15/h6,8,10H,4-5,7H2,1-3H3,(H3,14,15). The van der Waals surface area contributed by atoms with Gasteiger partial charge in [0, 0.05) is 18.3 Å². The third-order valence-corrected chi connectivity index (χ3v) is 3.49. The highest BCUT2D eigenvalue weighted by molar-refractivity contribution is 5.93. The summed E-state index contributed by atoms with van der Waals surface area (Å²) in [6, 6.07) is 2.20. The molecule has 0 aromatic carbocycles. The summed E-state index contributed by atoms with van der Waals surface area (Å²) in [6.45, 7) is 7.34. The first-order valence-corrected chi connectivity index (χ1v) is 6.44. The van der Waals surface area contributed by atoms with Crippen LogP contribution in [0.1, 0.15) is 38.1 Å². The molecule has 1 aromatic heterocycles. The number of nitrogens with zero attached hydrogens (tertiary/aromatic N) is 3. The topological polar surface area (TPSA) is 78.9 Å². The van der Waals surface area contributed by atoms with Crippen molar-refractivity contribution in [2.24, 2.45) is 11.7 Å². The summed E-state index contributed by atoms with van der Waals surface area (Å²) >= 11 is 0. The SMILES string of the molecule is Cc1cc(C(=N)N)nc(N2CC(C)CCC2C)n1. The van der Waals surface area contributed by atoms with Gasteiger partial charge in [0.15, 0.2) is 0 Å². The molecule has 5 heteroatoms. The molecule has 0 aliphatic carbocycles. The monoisotopic (exact) mass is 247 g/mol. The van der Waals surface area contributed by atoms with Crippen molar-refractivity contribution in [3.8, 4) is 0 Å². The fourth-order valence-electron chi connectivity index (χ4n) is 2.39. The van der Waals surface area contributed by atoms with Crippen molar-refractivity contribution in [2.75, 3.05) is 11.4 Å². The smallest absolute Gasteiger partial charge is 0.226 e. The molecule has 2 rings (SSSR count). The number of hydrogen-bond donors (Lipinski definition) is 2. The zero-order valence-corrected chi connectivity index (χ0v) is 11.3. The van der Waals surface area contributed by atoms with Crippen LogP contribution in [0.4, 0.5) is 5.95 Å². The van der Waals surface area contributed by atoms with E-state index in [4.69, 9.17) is 11.1 Å². The molecule has 0 amide bonds. The van der Waals surface area contributed by atoms with Crippen molar-refractivity contribution in [2.45, 2.75) is 39.7 Å². The maximum Gasteiger partial charge on any atom is 0.226 e. The summed E-state index contributed by atoms with van der Waals surface area (Å²) in [5.74, 6) is 1.37. The van der Waals surface area contributed by atoms with Crippen LogP contribution in [-0.2, 0) is 0 Å². The van der Waals surface area contributed by atoms with E-state index < -0.39 is 0 Å². The van der Waals surface area contributed by atoms with Crippen LogP contribution in [0.15, 0.2) is 6.07 Å². The summed E-state index contributed by atoms with van der Waals surface area (Å²) in [5, 5.41) is 7.50. The molecule has 0 radical (unpaired) electrons. The van der Waals surface area contributed by atoms with E-state index in [1.807, 2.05) is 6.92 Å². The van der Waals surface area contributed by atoms with E-state index in [1.54, 1.807) is 6.07 Å². The van der Waals surface area contributed by atoms with Gasteiger partial charge >= 0.3 is 0 Å². The Bertz CT molecular complexity index is 457. The van der Waals surface area contributed by atoms with E-state index >= 15 is 0 Å². The fourth-order valence-corrected chi connectivity index (χ4v) is 2.39. The normalized spacial score (nSPS) is 24.1. The van der Waals surface area contributed by atoms with Crippen molar-refractivity contribution >= 4 is 11.8 Å². The van der Waals surface area contributed by atoms with Crippen molar-refractivity contribution in [1.82, 2.24) is 9.97 Å². The second-order valence-corrected chi connectivity index (χ2v) is 5.29. The molecule has 1 aliphatic rings. The Morgan fingerprint density at radius 1 is 1.39 bits per heavy atom. The lowest BCUT2D eigenvalue weighted by atomic mass is 9.95. The quantitative estimate of drug-likeness (QED) is 0.616. The number of aromatic nitrogens is 2. The molecule has 2 heterocycles. The summed E-state index contributed by atoms with van der Waals surface area (Å²) < 4.78 is 0. The van der Waals surface area contributed by atoms with Crippen LogP contribution in [0.2, 0.25) is 0 Å². The van der Waals surface area contributed by atoms with Gasteiger partial charge in [0.25, 0.3) is 0 Å². The lowest BCUT2D eigenvalue weighted by Crippen LogP contribution is -2.42. The van der Waals surface area contributed by atoms with Crippen molar-refractivity contribution in [3.05, 3.63) is 17.5 Å². The number of nitrogens with one attached hydrogen (secondary N) is 1. The summed E-state index contributed by atoms with van der Waals surface area (Å²) in [7, 11) is 0. The highest BCUT2D eigenvalue weighted by Gasteiger charge is 2.25. The molecular formula is C13H21N5. The van der Waals surface area contributed by atoms with Crippen LogP contribution in [-0.4, -0.2) is 28.4 Å². The average molecular weight is 247 g/mol. The number of anilines is 1. The largest absolute Gasteiger partial charge is 0.382 e. The maximum atomic E-state index is 7.50. The maximum absolute atomic E-state index is 7.50. The van der Waals surface area contributed by atoms with Gasteiger partial charge in [-0.15, -0.1) is 0 Å². The zero-order valence-electron chi connectivity index (χ0n) is 11.3. The first kappa shape index (κ1) is 12.8. The van der Waals surface area contributed by atoms with Crippen LogP contribution in [0, 0.1) is 18.3 Å². The first-order valence-electron chi connectivity index (χ1n) is 6.44. The van der Waals surface area contributed by atoms with E-state index in [9.17, 15) is 0 Å². The Morgan fingerprint density at radius 3 is 2.78 bits per heavy atom. The predicted molar refractivity (Wildman–Crippen MR) is 73.0 cm³/mol. The van der Waals surface area contributed by atoms with Gasteiger partial charge in [-0.3, -0.25) is 5.41 Å². The van der Waals surface area contributed by atoms with Gasteiger partial charge in [-0.05, 0) is 38.7 Å². The molecule has 0 saturated carbocycles. The van der Waals surface area contributed by atoms with Gasteiger partial charge in [-0.25, -0.2) is 9.97 Å². The van der Waals surface area contributed by atoms with Gasteiger partial charge in [0.2, 0.25) is 5.95 Å². The molecule has 1 aromatic rings. The van der Waals surface area contributed by atoms with E-state index in [2.05, 4.69) is 28.7 Å². The van der Waals surface area contributed by atoms with E-state index in [1.165, 1.54) is 6.42 Å². The lowest BCUT2D eigenvalue weighted by Gasteiger charge is -2.37. The molecular weight excluding hydrogens is 226 g/mol. The Labute approximate surface area is 108 Å². The molecule has 5 nitrogen and oxygen atoms in total. The number of hydrogen-bond acceptors (Lipinski definition) is 4. The van der Waals surface area contributed by atoms with Crippen molar-refractivity contribution in [1.29, 1.82) is 5.41 Å². The van der Waals surface area contributed by atoms with Gasteiger partial charge in [0.05, 0.1) is 0 Å². The predicted octanol–water partition coefficient (Wildman–Crippen LogP) is 1.69. The molecule has 2 atom stereocenters. The molecule has 1 fully saturated rings. The second-order valence-electron chi connectivity index (χ2n) is 5.29. The average Bonchev–Trinajstić information content (AvgIpc) is 2.31.